The standard InChI is InChI=1S/C21H25FN4O/c1-4-6-16(5-2)24-21(27)18-13-15(11-14-7-9-23-19(22)12-14)17-8-10-26(3)20(17)25-18/h7-10,12-13,16H,4-6,11H2,1-3H3,(H,24,27). The van der Waals surface area contributed by atoms with Gasteiger partial charge in [0.05, 0.1) is 0 Å². The van der Waals surface area contributed by atoms with Crippen LogP contribution in [0.15, 0.2) is 36.7 Å². The van der Waals surface area contributed by atoms with Crippen LogP contribution in [0.25, 0.3) is 11.0 Å². The second-order valence-corrected chi connectivity index (χ2v) is 6.86. The number of halogens is 1. The Labute approximate surface area is 158 Å². The van der Waals surface area contributed by atoms with E-state index in [-0.39, 0.29) is 11.9 Å². The fourth-order valence-corrected chi connectivity index (χ4v) is 3.32. The molecule has 142 valence electrons. The van der Waals surface area contributed by atoms with E-state index in [9.17, 15) is 9.18 Å². The normalized spacial score (nSPS) is 12.3. The molecule has 0 radical (unpaired) electrons. The molecule has 1 N–H and O–H groups in total. The van der Waals surface area contributed by atoms with Crippen molar-refractivity contribution < 1.29 is 9.18 Å². The van der Waals surface area contributed by atoms with Gasteiger partial charge in [0.2, 0.25) is 5.95 Å². The molecule has 0 saturated heterocycles. The second-order valence-electron chi connectivity index (χ2n) is 6.86. The van der Waals surface area contributed by atoms with Gasteiger partial charge in [0.1, 0.15) is 11.3 Å². The summed E-state index contributed by atoms with van der Waals surface area (Å²) in [5, 5.41) is 4.04. The van der Waals surface area contributed by atoms with Crippen LogP contribution >= 0.6 is 0 Å². The molecule has 0 saturated carbocycles. The minimum atomic E-state index is -0.505. The van der Waals surface area contributed by atoms with Gasteiger partial charge < -0.3 is 9.88 Å². The minimum absolute atomic E-state index is 0.145. The molecule has 6 heteroatoms. The van der Waals surface area contributed by atoms with Crippen molar-refractivity contribution in [3.63, 3.8) is 0 Å². The van der Waals surface area contributed by atoms with Crippen LogP contribution in [0.2, 0.25) is 0 Å². The first-order valence-electron chi connectivity index (χ1n) is 9.38. The zero-order valence-corrected chi connectivity index (χ0v) is 16.0. The number of aryl methyl sites for hydroxylation is 1. The third-order valence-electron chi connectivity index (χ3n) is 4.81. The van der Waals surface area contributed by atoms with E-state index in [1.807, 2.05) is 29.9 Å². The van der Waals surface area contributed by atoms with Crippen molar-refractivity contribution >= 4 is 16.9 Å². The zero-order valence-electron chi connectivity index (χ0n) is 16.0. The number of fused-ring (bicyclic) bond motifs is 1. The molecule has 0 aliphatic rings. The average molecular weight is 368 g/mol. The summed E-state index contributed by atoms with van der Waals surface area (Å²) in [6.45, 7) is 4.17. The van der Waals surface area contributed by atoms with Gasteiger partial charge in [-0.15, -0.1) is 0 Å². The van der Waals surface area contributed by atoms with Gasteiger partial charge in [0.15, 0.2) is 0 Å². The summed E-state index contributed by atoms with van der Waals surface area (Å²) >= 11 is 0. The Morgan fingerprint density at radius 2 is 2.11 bits per heavy atom. The van der Waals surface area contributed by atoms with E-state index in [1.165, 1.54) is 12.3 Å². The molecule has 0 bridgehead atoms. The number of carbonyl (C=O) groups is 1. The predicted octanol–water partition coefficient (Wildman–Crippen LogP) is 4.01. The van der Waals surface area contributed by atoms with E-state index in [2.05, 4.69) is 29.1 Å². The second kappa shape index (κ2) is 8.29. The van der Waals surface area contributed by atoms with Gasteiger partial charge in [-0.3, -0.25) is 4.79 Å². The molecule has 3 aromatic rings. The van der Waals surface area contributed by atoms with Crippen LogP contribution in [0.3, 0.4) is 0 Å². The fourth-order valence-electron chi connectivity index (χ4n) is 3.32. The number of pyridine rings is 2. The molecule has 3 aromatic heterocycles. The fraction of sp³-hybridized carbons (Fsp3) is 0.381. The number of nitrogens with zero attached hydrogens (tertiary/aromatic N) is 3. The highest BCUT2D eigenvalue weighted by molar-refractivity contribution is 5.95. The van der Waals surface area contributed by atoms with E-state index < -0.39 is 5.95 Å². The molecule has 1 atom stereocenters. The third kappa shape index (κ3) is 4.32. The highest BCUT2D eigenvalue weighted by Gasteiger charge is 2.17. The van der Waals surface area contributed by atoms with E-state index in [1.54, 1.807) is 6.07 Å². The summed E-state index contributed by atoms with van der Waals surface area (Å²) in [4.78, 5) is 20.9. The Bertz CT molecular complexity index is 951. The lowest BCUT2D eigenvalue weighted by Gasteiger charge is -2.16. The van der Waals surface area contributed by atoms with Crippen molar-refractivity contribution in [3.8, 4) is 0 Å². The first-order chi connectivity index (χ1) is 13.0. The Kier molecular flexibility index (Phi) is 5.84. The topological polar surface area (TPSA) is 59.8 Å². The highest BCUT2D eigenvalue weighted by Crippen LogP contribution is 2.22. The zero-order chi connectivity index (χ0) is 19.4. The van der Waals surface area contributed by atoms with E-state index in [0.717, 1.165) is 41.4 Å². The Balaban J connectivity index is 1.97. The van der Waals surface area contributed by atoms with E-state index >= 15 is 0 Å². The van der Waals surface area contributed by atoms with Crippen molar-refractivity contribution in [2.45, 2.75) is 45.6 Å². The van der Waals surface area contributed by atoms with Gasteiger partial charge in [-0.25, -0.2) is 9.97 Å². The van der Waals surface area contributed by atoms with Crippen molar-refractivity contribution in [2.75, 3.05) is 0 Å². The highest BCUT2D eigenvalue weighted by atomic mass is 19.1. The minimum Gasteiger partial charge on any atom is -0.348 e. The number of nitrogens with one attached hydrogen (secondary N) is 1. The van der Waals surface area contributed by atoms with Crippen molar-refractivity contribution in [1.82, 2.24) is 19.9 Å². The number of rotatable bonds is 7. The summed E-state index contributed by atoms with van der Waals surface area (Å²) in [5.74, 6) is -0.672. The number of amides is 1. The Morgan fingerprint density at radius 1 is 1.30 bits per heavy atom. The lowest BCUT2D eigenvalue weighted by atomic mass is 10.0. The number of aromatic nitrogens is 3. The molecule has 0 aliphatic heterocycles. The first-order valence-corrected chi connectivity index (χ1v) is 9.38. The Morgan fingerprint density at radius 3 is 2.81 bits per heavy atom. The lowest BCUT2D eigenvalue weighted by Crippen LogP contribution is -2.34. The summed E-state index contributed by atoms with van der Waals surface area (Å²) in [6.07, 6.45) is 6.73. The molecule has 0 aromatic carbocycles. The molecule has 3 rings (SSSR count). The molecule has 5 nitrogen and oxygen atoms in total. The van der Waals surface area contributed by atoms with Crippen LogP contribution in [0.4, 0.5) is 4.39 Å². The summed E-state index contributed by atoms with van der Waals surface area (Å²) < 4.78 is 15.4. The smallest absolute Gasteiger partial charge is 0.270 e. The van der Waals surface area contributed by atoms with Crippen LogP contribution in [0.1, 0.15) is 54.7 Å². The first kappa shape index (κ1) is 19.0. The van der Waals surface area contributed by atoms with Crippen LogP contribution in [0.5, 0.6) is 0 Å². The van der Waals surface area contributed by atoms with Crippen LogP contribution < -0.4 is 5.32 Å². The van der Waals surface area contributed by atoms with Crippen LogP contribution in [-0.4, -0.2) is 26.5 Å². The maximum absolute atomic E-state index is 13.5. The van der Waals surface area contributed by atoms with Gasteiger partial charge in [0.25, 0.3) is 5.91 Å². The van der Waals surface area contributed by atoms with Crippen molar-refractivity contribution in [3.05, 3.63) is 59.4 Å². The van der Waals surface area contributed by atoms with E-state index in [0.29, 0.717) is 12.1 Å². The quantitative estimate of drug-likeness (QED) is 0.641. The summed E-state index contributed by atoms with van der Waals surface area (Å²) in [5.41, 5.74) is 2.89. The number of hydrogen-bond donors (Lipinski definition) is 1. The molecule has 0 fully saturated rings. The molecular weight excluding hydrogens is 343 g/mol. The monoisotopic (exact) mass is 368 g/mol. The van der Waals surface area contributed by atoms with Gasteiger partial charge in [0, 0.05) is 30.9 Å². The van der Waals surface area contributed by atoms with Crippen LogP contribution in [0, 0.1) is 5.95 Å². The average Bonchev–Trinajstić information content (AvgIpc) is 3.02. The maximum Gasteiger partial charge on any atom is 0.270 e. The van der Waals surface area contributed by atoms with Crippen LogP contribution in [-0.2, 0) is 13.5 Å². The molecule has 1 amide bonds. The maximum atomic E-state index is 13.5. The molecule has 0 spiro atoms. The van der Waals surface area contributed by atoms with Gasteiger partial charge in [-0.2, -0.15) is 4.39 Å². The van der Waals surface area contributed by atoms with Gasteiger partial charge in [-0.05, 0) is 54.7 Å². The molecule has 3 heterocycles. The van der Waals surface area contributed by atoms with Crippen molar-refractivity contribution in [1.29, 1.82) is 0 Å². The van der Waals surface area contributed by atoms with E-state index in [4.69, 9.17) is 0 Å². The largest absolute Gasteiger partial charge is 0.348 e. The SMILES string of the molecule is CCCC(CC)NC(=O)c1cc(Cc2ccnc(F)c2)c2ccn(C)c2n1. The predicted molar refractivity (Wildman–Crippen MR) is 104 cm³/mol. The lowest BCUT2D eigenvalue weighted by molar-refractivity contribution is 0.0929. The Hall–Kier alpha value is -2.76. The molecular formula is C21H25FN4O. The third-order valence-corrected chi connectivity index (χ3v) is 4.81. The van der Waals surface area contributed by atoms with Gasteiger partial charge >= 0.3 is 0 Å². The summed E-state index contributed by atoms with van der Waals surface area (Å²) in [7, 11) is 1.90. The van der Waals surface area contributed by atoms with Gasteiger partial charge in [-0.1, -0.05) is 20.3 Å². The molecule has 27 heavy (non-hydrogen) atoms. The molecule has 0 aliphatic carbocycles. The summed E-state index contributed by atoms with van der Waals surface area (Å²) in [6, 6.07) is 7.14. The number of hydrogen-bond acceptors (Lipinski definition) is 3. The molecule has 1 unspecified atom stereocenters. The van der Waals surface area contributed by atoms with Crippen molar-refractivity contribution in [2.24, 2.45) is 7.05 Å². The number of carbonyl (C=O) groups excluding carboxylic acids is 1.